The minimum atomic E-state index is -1.53. The van der Waals surface area contributed by atoms with Gasteiger partial charge in [-0.05, 0) is 32.6 Å². The Kier molecular flexibility index (Phi) is 59.9. The number of unbranched alkanes of at least 4 members (excludes halogenated alkanes) is 34. The first-order valence-electron chi connectivity index (χ1n) is 27.7. The lowest BCUT2D eigenvalue weighted by Crippen LogP contribution is -2.34. The van der Waals surface area contributed by atoms with Crippen LogP contribution in [0.5, 0.6) is 0 Å². The van der Waals surface area contributed by atoms with Crippen LogP contribution in [0.25, 0.3) is 0 Å². The molecule has 0 amide bonds. The maximum Gasteiger partial charge on any atom is 0.335 e. The van der Waals surface area contributed by atoms with E-state index in [0.717, 1.165) is 44.9 Å². The van der Waals surface area contributed by atoms with E-state index in [2.05, 4.69) is 13.8 Å². The first-order chi connectivity index (χ1) is 32.0. The quantitative estimate of drug-likeness (QED) is 0.0266. The van der Waals surface area contributed by atoms with E-state index in [0.29, 0.717) is 32.1 Å². The van der Waals surface area contributed by atoms with Gasteiger partial charge >= 0.3 is 23.9 Å². The zero-order valence-electron chi connectivity index (χ0n) is 44.1. The third-order valence-corrected chi connectivity index (χ3v) is 12.3. The molecule has 4 atom stereocenters. The number of carbonyl (C=O) groups is 4. The van der Waals surface area contributed by atoms with E-state index in [4.69, 9.17) is 35.7 Å². The van der Waals surface area contributed by atoms with Crippen LogP contribution in [0.3, 0.4) is 0 Å². The Bertz CT molecular complexity index is 1050. The number of carboxylic acids is 4. The molecule has 0 aromatic heterocycles. The summed E-state index contributed by atoms with van der Waals surface area (Å²) in [5.74, 6) is -4.45. The van der Waals surface area contributed by atoms with Crippen LogP contribution in [0.2, 0.25) is 0 Å². The molecule has 0 rings (SSSR count). The second-order valence-electron chi connectivity index (χ2n) is 19.3. The van der Waals surface area contributed by atoms with Crippen molar-refractivity contribution in [1.29, 1.82) is 0 Å². The van der Waals surface area contributed by atoms with E-state index in [1.165, 1.54) is 200 Å². The molecule has 0 aromatic rings. The van der Waals surface area contributed by atoms with Crippen LogP contribution < -0.4 is 0 Å². The van der Waals surface area contributed by atoms with E-state index < -0.39 is 47.8 Å². The number of rotatable bonds is 46. The second kappa shape index (κ2) is 56.3. The first-order valence-corrected chi connectivity index (χ1v) is 27.7. The van der Waals surface area contributed by atoms with Crippen molar-refractivity contribution in [3.8, 4) is 0 Å². The number of aliphatic hydroxyl groups excluding tert-OH is 3. The van der Waals surface area contributed by atoms with Crippen molar-refractivity contribution in [2.24, 2.45) is 0 Å². The van der Waals surface area contributed by atoms with E-state index in [-0.39, 0.29) is 0 Å². The van der Waals surface area contributed by atoms with Gasteiger partial charge in [0, 0.05) is 0 Å². The SMILES string of the molecule is CCCC(C)(O)C(=O)O.CCCCCC(O)C(=O)O.CCCCCCCCCCCCCCCCC(O)C(=O)O.CCCCCCCCCCCCCCCCCCCCCCC(O)C(=O)O. The van der Waals surface area contributed by atoms with Gasteiger partial charge in [0.05, 0.1) is 0 Å². The van der Waals surface area contributed by atoms with E-state index >= 15 is 0 Å². The highest BCUT2D eigenvalue weighted by Gasteiger charge is 2.28. The third-order valence-electron chi connectivity index (χ3n) is 12.3. The summed E-state index contributed by atoms with van der Waals surface area (Å²) in [6, 6.07) is 0. The largest absolute Gasteiger partial charge is 0.479 e. The molecule has 0 spiro atoms. The van der Waals surface area contributed by atoms with E-state index in [9.17, 15) is 24.3 Å². The Morgan fingerprint density at radius 3 is 0.627 bits per heavy atom. The van der Waals surface area contributed by atoms with Crippen molar-refractivity contribution in [3.63, 3.8) is 0 Å². The molecule has 8 N–H and O–H groups in total. The molecule has 0 bridgehead atoms. The first kappa shape index (κ1) is 71.3. The van der Waals surface area contributed by atoms with Gasteiger partial charge in [0.25, 0.3) is 0 Å². The predicted octanol–water partition coefficient (Wildman–Crippen LogP) is 14.6. The van der Waals surface area contributed by atoms with Gasteiger partial charge in [0.2, 0.25) is 0 Å². The standard InChI is InChI=1S/C24H48O3.C18H36O3.C7H14O3.C6H12O3/c1-2-3-4-5-6-7-8-9-10-11-12-13-14-15-16-17-18-19-20-21-22-23(25)24(26)27;1-2-3-4-5-6-7-8-9-10-11-12-13-14-15-16-17(19)18(20)21;1-2-3-4-5-6(8)7(9)10;1-3-4-6(2,9)5(7)8/h23,25H,2-22H2,1H3,(H,26,27);17,19H,2-16H2,1H3,(H,20,21);6,8H,2-5H2,1H3,(H,9,10);9H,3-4H2,1-2H3,(H,7,8). The maximum absolute atomic E-state index is 10.5. The molecular weight excluding hydrogens is 853 g/mol. The molecule has 0 aliphatic heterocycles. The van der Waals surface area contributed by atoms with Gasteiger partial charge in [0.15, 0.2) is 23.9 Å². The van der Waals surface area contributed by atoms with Crippen LogP contribution in [0, 0.1) is 0 Å². The summed E-state index contributed by atoms with van der Waals surface area (Å²) in [7, 11) is 0. The van der Waals surface area contributed by atoms with Crippen molar-refractivity contribution >= 4 is 23.9 Å². The Morgan fingerprint density at radius 2 is 0.478 bits per heavy atom. The molecule has 0 saturated heterocycles. The minimum Gasteiger partial charge on any atom is -0.479 e. The van der Waals surface area contributed by atoms with E-state index in [1.807, 2.05) is 13.8 Å². The lowest BCUT2D eigenvalue weighted by atomic mass is 10.0. The van der Waals surface area contributed by atoms with Gasteiger partial charge in [0.1, 0.15) is 0 Å². The Hall–Kier alpha value is -2.28. The molecule has 0 fully saturated rings. The second-order valence-corrected chi connectivity index (χ2v) is 19.3. The molecule has 0 aliphatic carbocycles. The molecule has 67 heavy (non-hydrogen) atoms. The Morgan fingerprint density at radius 1 is 0.313 bits per heavy atom. The normalized spacial score (nSPS) is 13.1. The van der Waals surface area contributed by atoms with Gasteiger partial charge in [-0.15, -0.1) is 0 Å². The predicted molar refractivity (Wildman–Crippen MR) is 276 cm³/mol. The summed E-state index contributed by atoms with van der Waals surface area (Å²) < 4.78 is 0. The molecule has 12 heteroatoms. The zero-order chi connectivity index (χ0) is 51.2. The van der Waals surface area contributed by atoms with Crippen LogP contribution >= 0.6 is 0 Å². The van der Waals surface area contributed by atoms with Crippen LogP contribution in [-0.4, -0.2) is 88.6 Å². The van der Waals surface area contributed by atoms with Gasteiger partial charge < -0.3 is 40.9 Å². The highest BCUT2D eigenvalue weighted by Crippen LogP contribution is 2.17. The topological polar surface area (TPSA) is 230 Å². The van der Waals surface area contributed by atoms with Crippen molar-refractivity contribution in [2.45, 2.75) is 328 Å². The summed E-state index contributed by atoms with van der Waals surface area (Å²) in [5.41, 5.74) is -1.53. The summed E-state index contributed by atoms with van der Waals surface area (Å²) in [6.07, 6.45) is 46.4. The van der Waals surface area contributed by atoms with Crippen LogP contribution in [0.1, 0.15) is 304 Å². The Labute approximate surface area is 410 Å². The molecule has 12 nitrogen and oxygen atoms in total. The smallest absolute Gasteiger partial charge is 0.335 e. The number of aliphatic carboxylic acids is 4. The molecule has 0 radical (unpaired) electrons. The van der Waals surface area contributed by atoms with E-state index in [1.54, 1.807) is 0 Å². The van der Waals surface area contributed by atoms with Crippen molar-refractivity contribution in [2.75, 3.05) is 0 Å². The fraction of sp³-hybridized carbons (Fsp3) is 0.927. The van der Waals surface area contributed by atoms with Crippen LogP contribution in [0.15, 0.2) is 0 Å². The summed E-state index contributed by atoms with van der Waals surface area (Å²) in [4.78, 5) is 41.1. The van der Waals surface area contributed by atoms with Gasteiger partial charge in [-0.3, -0.25) is 0 Å². The number of aliphatic hydroxyl groups is 4. The average molecular weight is 963 g/mol. The van der Waals surface area contributed by atoms with Gasteiger partial charge in [-0.25, -0.2) is 19.2 Å². The number of carboxylic acid groups (broad SMARTS) is 4. The lowest BCUT2D eigenvalue weighted by molar-refractivity contribution is -0.157. The summed E-state index contributed by atoms with van der Waals surface area (Å²) in [5, 5.41) is 69.7. The van der Waals surface area contributed by atoms with Crippen LogP contribution in [0.4, 0.5) is 0 Å². The molecule has 0 saturated carbocycles. The van der Waals surface area contributed by atoms with Gasteiger partial charge in [-0.2, -0.15) is 0 Å². The molecule has 4 unspecified atom stereocenters. The maximum atomic E-state index is 10.5. The van der Waals surface area contributed by atoms with Crippen molar-refractivity contribution < 1.29 is 60.0 Å². The number of hydrogen-bond donors (Lipinski definition) is 8. The highest BCUT2D eigenvalue weighted by atomic mass is 16.4. The lowest BCUT2D eigenvalue weighted by Gasteiger charge is -2.15. The van der Waals surface area contributed by atoms with Gasteiger partial charge in [-0.1, -0.05) is 272 Å². The summed E-state index contributed by atoms with van der Waals surface area (Å²) in [6.45, 7) is 9.71. The molecule has 0 aromatic carbocycles. The fourth-order valence-electron chi connectivity index (χ4n) is 7.68. The molecule has 402 valence electrons. The Balaban J connectivity index is -0.000000435. The highest BCUT2D eigenvalue weighted by molar-refractivity contribution is 5.76. The van der Waals surface area contributed by atoms with Crippen molar-refractivity contribution in [3.05, 3.63) is 0 Å². The molecule has 0 heterocycles. The molecule has 0 aliphatic rings. The van der Waals surface area contributed by atoms with Crippen LogP contribution in [-0.2, 0) is 19.2 Å². The summed E-state index contributed by atoms with van der Waals surface area (Å²) >= 11 is 0. The minimum absolute atomic E-state index is 0.308. The zero-order valence-corrected chi connectivity index (χ0v) is 44.1. The average Bonchev–Trinajstić information content (AvgIpc) is 3.28. The monoisotopic (exact) mass is 963 g/mol. The van der Waals surface area contributed by atoms with Crippen molar-refractivity contribution in [1.82, 2.24) is 0 Å². The third kappa shape index (κ3) is 61.7. The molecular formula is C55H110O12. The fourth-order valence-corrected chi connectivity index (χ4v) is 7.68. The number of hydrogen-bond acceptors (Lipinski definition) is 8.